The van der Waals surface area contributed by atoms with Gasteiger partial charge in [0.1, 0.15) is 0 Å². The summed E-state index contributed by atoms with van der Waals surface area (Å²) in [5, 5.41) is 5.55. The van der Waals surface area contributed by atoms with Crippen LogP contribution in [0.25, 0.3) is 5.69 Å². The zero-order chi connectivity index (χ0) is 22.3. The maximum absolute atomic E-state index is 6.56. The summed E-state index contributed by atoms with van der Waals surface area (Å²) in [6.07, 6.45) is 1.83. The molecule has 2 aromatic heterocycles. The molecule has 1 aliphatic rings. The van der Waals surface area contributed by atoms with Crippen LogP contribution in [-0.2, 0) is 0 Å². The fourth-order valence-corrected chi connectivity index (χ4v) is 5.26. The van der Waals surface area contributed by atoms with E-state index in [1.165, 1.54) is 5.56 Å². The lowest BCUT2D eigenvalue weighted by Crippen LogP contribution is -2.33. The standard InChI is InChI=1S/C24H26Cl2N4S/c1-14(2)13-29-23(22(28-24(29)31)20-7-5-6-10-27-20)18-11-15(3)30(16(18)4)21-9-8-17(25)12-19(21)26/h5-12,14,22-23H,13H2,1-4H3,(H,28,31)/t22-,23+/m0/s1. The molecule has 1 saturated heterocycles. The first-order valence-electron chi connectivity index (χ1n) is 10.4. The van der Waals surface area contributed by atoms with Crippen molar-refractivity contribution in [3.05, 3.63) is 81.4 Å². The van der Waals surface area contributed by atoms with Crippen LogP contribution in [0.1, 0.15) is 48.6 Å². The van der Waals surface area contributed by atoms with Crippen LogP contribution in [0.5, 0.6) is 0 Å². The predicted molar refractivity (Wildman–Crippen MR) is 132 cm³/mol. The van der Waals surface area contributed by atoms with Crippen LogP contribution >= 0.6 is 35.4 Å². The van der Waals surface area contributed by atoms with Gasteiger partial charge in [-0.05, 0) is 73.9 Å². The topological polar surface area (TPSA) is 33.1 Å². The number of nitrogens with one attached hydrogen (secondary N) is 1. The Hall–Kier alpha value is -2.08. The zero-order valence-corrected chi connectivity index (χ0v) is 20.4. The van der Waals surface area contributed by atoms with Crippen LogP contribution in [0, 0.1) is 19.8 Å². The van der Waals surface area contributed by atoms with E-state index in [0.717, 1.165) is 34.4 Å². The average Bonchev–Trinajstić information content (AvgIpc) is 3.18. The van der Waals surface area contributed by atoms with Gasteiger partial charge < -0.3 is 14.8 Å². The van der Waals surface area contributed by atoms with Crippen LogP contribution in [0.3, 0.4) is 0 Å². The number of benzene rings is 1. The van der Waals surface area contributed by atoms with E-state index in [1.54, 1.807) is 6.07 Å². The molecule has 31 heavy (non-hydrogen) atoms. The highest BCUT2D eigenvalue weighted by Crippen LogP contribution is 2.42. The van der Waals surface area contributed by atoms with Crippen molar-refractivity contribution in [2.75, 3.05) is 6.54 Å². The van der Waals surface area contributed by atoms with Crippen molar-refractivity contribution >= 4 is 40.5 Å². The number of rotatable bonds is 5. The van der Waals surface area contributed by atoms with Gasteiger partial charge in [0.15, 0.2) is 5.11 Å². The van der Waals surface area contributed by atoms with E-state index < -0.39 is 0 Å². The van der Waals surface area contributed by atoms with Crippen LogP contribution in [0.15, 0.2) is 48.7 Å². The molecule has 0 spiro atoms. The minimum absolute atomic E-state index is 0.0258. The van der Waals surface area contributed by atoms with Crippen LogP contribution in [-0.4, -0.2) is 26.1 Å². The molecule has 0 aliphatic carbocycles. The molecule has 7 heteroatoms. The van der Waals surface area contributed by atoms with E-state index in [2.05, 4.69) is 59.6 Å². The smallest absolute Gasteiger partial charge is 0.170 e. The van der Waals surface area contributed by atoms with Crippen molar-refractivity contribution in [3.8, 4) is 5.69 Å². The fraction of sp³-hybridized carbons (Fsp3) is 0.333. The van der Waals surface area contributed by atoms with Crippen molar-refractivity contribution in [1.82, 2.24) is 19.8 Å². The lowest BCUT2D eigenvalue weighted by Gasteiger charge is -2.29. The molecule has 0 amide bonds. The summed E-state index contributed by atoms with van der Waals surface area (Å²) >= 11 is 18.5. The summed E-state index contributed by atoms with van der Waals surface area (Å²) in [7, 11) is 0. The predicted octanol–water partition coefficient (Wildman–Crippen LogP) is 6.42. The maximum atomic E-state index is 6.56. The molecule has 3 aromatic rings. The van der Waals surface area contributed by atoms with E-state index in [1.807, 2.05) is 30.5 Å². The fourth-order valence-electron chi connectivity index (χ4n) is 4.45. The molecule has 3 heterocycles. The SMILES string of the molecule is Cc1cc([C@@H]2[C@H](c3ccccn3)NC(=S)N2CC(C)C)c(C)n1-c1ccc(Cl)cc1Cl. The molecule has 4 nitrogen and oxygen atoms in total. The van der Waals surface area contributed by atoms with Crippen molar-refractivity contribution in [3.63, 3.8) is 0 Å². The van der Waals surface area contributed by atoms with Gasteiger partial charge in [0.05, 0.1) is 28.5 Å². The number of hydrogen-bond acceptors (Lipinski definition) is 2. The monoisotopic (exact) mass is 472 g/mol. The summed E-state index contributed by atoms with van der Waals surface area (Å²) < 4.78 is 2.19. The Kier molecular flexibility index (Phi) is 6.29. The molecular formula is C24H26Cl2N4S. The van der Waals surface area contributed by atoms with Crippen molar-refractivity contribution < 1.29 is 0 Å². The first-order valence-corrected chi connectivity index (χ1v) is 11.6. The van der Waals surface area contributed by atoms with Gasteiger partial charge >= 0.3 is 0 Å². The second-order valence-electron chi connectivity index (χ2n) is 8.43. The minimum Gasteiger partial charge on any atom is -0.352 e. The number of aryl methyl sites for hydroxylation is 1. The van der Waals surface area contributed by atoms with Gasteiger partial charge in [-0.1, -0.05) is 43.1 Å². The summed E-state index contributed by atoms with van der Waals surface area (Å²) in [4.78, 5) is 6.93. The van der Waals surface area contributed by atoms with E-state index in [-0.39, 0.29) is 12.1 Å². The third-order valence-electron chi connectivity index (χ3n) is 5.70. The van der Waals surface area contributed by atoms with Crippen LogP contribution in [0.4, 0.5) is 0 Å². The Balaban J connectivity index is 1.85. The number of nitrogens with zero attached hydrogens (tertiary/aromatic N) is 3. The third kappa shape index (κ3) is 4.19. The van der Waals surface area contributed by atoms with E-state index in [4.69, 9.17) is 35.4 Å². The van der Waals surface area contributed by atoms with E-state index >= 15 is 0 Å². The lowest BCUT2D eigenvalue weighted by molar-refractivity contribution is 0.287. The second-order valence-corrected chi connectivity index (χ2v) is 9.66. The zero-order valence-electron chi connectivity index (χ0n) is 18.1. The molecule has 0 unspecified atom stereocenters. The largest absolute Gasteiger partial charge is 0.352 e. The number of hydrogen-bond donors (Lipinski definition) is 1. The van der Waals surface area contributed by atoms with Gasteiger partial charge in [0, 0.05) is 29.2 Å². The Labute approximate surface area is 199 Å². The molecular weight excluding hydrogens is 447 g/mol. The first kappa shape index (κ1) is 22.1. The molecule has 0 bridgehead atoms. The van der Waals surface area contributed by atoms with E-state index in [9.17, 15) is 0 Å². The second kappa shape index (κ2) is 8.81. The molecule has 1 aliphatic heterocycles. The summed E-state index contributed by atoms with van der Waals surface area (Å²) in [6.45, 7) is 9.53. The molecule has 162 valence electrons. The number of halogens is 2. The number of aromatic nitrogens is 2. The molecule has 4 rings (SSSR count). The molecule has 0 saturated carbocycles. The number of thiocarbonyl (C=S) groups is 1. The summed E-state index contributed by atoms with van der Waals surface area (Å²) in [6, 6.07) is 13.9. The summed E-state index contributed by atoms with van der Waals surface area (Å²) in [5.41, 5.74) is 5.36. The first-order chi connectivity index (χ1) is 14.8. The van der Waals surface area contributed by atoms with Crippen molar-refractivity contribution in [2.24, 2.45) is 5.92 Å². The maximum Gasteiger partial charge on any atom is 0.170 e. The van der Waals surface area contributed by atoms with Gasteiger partial charge in [-0.25, -0.2) is 0 Å². The van der Waals surface area contributed by atoms with Crippen LogP contribution in [0.2, 0.25) is 10.0 Å². The molecule has 1 fully saturated rings. The Morgan fingerprint density at radius 1 is 1.13 bits per heavy atom. The highest BCUT2D eigenvalue weighted by Gasteiger charge is 2.41. The molecule has 1 N–H and O–H groups in total. The van der Waals surface area contributed by atoms with E-state index in [0.29, 0.717) is 16.0 Å². The van der Waals surface area contributed by atoms with Gasteiger partial charge in [-0.15, -0.1) is 0 Å². The highest BCUT2D eigenvalue weighted by atomic mass is 35.5. The Morgan fingerprint density at radius 3 is 2.55 bits per heavy atom. The quantitative estimate of drug-likeness (QED) is 0.434. The summed E-state index contributed by atoms with van der Waals surface area (Å²) in [5.74, 6) is 0.471. The van der Waals surface area contributed by atoms with Crippen LogP contribution < -0.4 is 5.32 Å². The Morgan fingerprint density at radius 2 is 1.90 bits per heavy atom. The average molecular weight is 473 g/mol. The minimum atomic E-state index is -0.0258. The lowest BCUT2D eigenvalue weighted by atomic mass is 9.96. The highest BCUT2D eigenvalue weighted by molar-refractivity contribution is 7.80. The van der Waals surface area contributed by atoms with Crippen molar-refractivity contribution in [2.45, 2.75) is 39.8 Å². The molecule has 1 aromatic carbocycles. The molecule has 0 radical (unpaired) electrons. The normalized spacial score (nSPS) is 18.7. The number of pyridine rings is 1. The van der Waals surface area contributed by atoms with Crippen molar-refractivity contribution in [1.29, 1.82) is 0 Å². The van der Waals surface area contributed by atoms with Gasteiger partial charge in [-0.2, -0.15) is 0 Å². The van der Waals surface area contributed by atoms with Gasteiger partial charge in [0.25, 0.3) is 0 Å². The van der Waals surface area contributed by atoms with Gasteiger partial charge in [-0.3, -0.25) is 4.98 Å². The molecule has 2 atom stereocenters. The van der Waals surface area contributed by atoms with Gasteiger partial charge in [0.2, 0.25) is 0 Å². The third-order valence-corrected chi connectivity index (χ3v) is 6.59. The Bertz CT molecular complexity index is 1110.